The molecule has 0 aliphatic rings. The third-order valence-electron chi connectivity index (χ3n) is 1.87. The van der Waals surface area contributed by atoms with Gasteiger partial charge in [-0.15, -0.1) is 0 Å². The average Bonchev–Trinajstić information content (AvgIpc) is 2.40. The van der Waals surface area contributed by atoms with E-state index >= 15 is 0 Å². The fourth-order valence-corrected chi connectivity index (χ4v) is 1.69. The van der Waals surface area contributed by atoms with E-state index in [0.717, 1.165) is 17.2 Å². The second-order valence-electron chi connectivity index (χ2n) is 2.66. The molecule has 2 nitrogen and oxygen atoms in total. The molecule has 0 saturated carbocycles. The van der Waals surface area contributed by atoms with E-state index in [-0.39, 0.29) is 0 Å². The van der Waals surface area contributed by atoms with Crippen molar-refractivity contribution in [2.45, 2.75) is 0 Å². The number of fused-ring (bicyclic) bond motifs is 1. The molecule has 2 aromatic rings. The van der Waals surface area contributed by atoms with Gasteiger partial charge in [0.15, 0.2) is 6.29 Å². The number of hydrogen-bond acceptors (Lipinski definition) is 1. The Hall–Kier alpha value is -0.990. The van der Waals surface area contributed by atoms with Gasteiger partial charge in [-0.05, 0) is 18.2 Å². The third kappa shape index (κ3) is 1.32. The van der Waals surface area contributed by atoms with Crippen molar-refractivity contribution in [2.75, 3.05) is 0 Å². The molecular weight excluding hydrogens is 209 g/mol. The van der Waals surface area contributed by atoms with E-state index in [0.29, 0.717) is 15.7 Å². The zero-order valence-corrected chi connectivity index (χ0v) is 7.99. The van der Waals surface area contributed by atoms with Gasteiger partial charge in [-0.1, -0.05) is 23.2 Å². The summed E-state index contributed by atoms with van der Waals surface area (Å²) in [5, 5.41) is 1.70. The number of halogens is 2. The highest BCUT2D eigenvalue weighted by molar-refractivity contribution is 6.35. The Bertz CT molecular complexity index is 476. The van der Waals surface area contributed by atoms with Crippen LogP contribution in [0.5, 0.6) is 0 Å². The molecule has 2 rings (SSSR count). The van der Waals surface area contributed by atoms with Gasteiger partial charge in [0.05, 0.1) is 5.56 Å². The second-order valence-corrected chi connectivity index (χ2v) is 3.47. The van der Waals surface area contributed by atoms with Crippen molar-refractivity contribution in [1.29, 1.82) is 0 Å². The molecule has 0 radical (unpaired) electrons. The number of H-pyrrole nitrogens is 1. The SMILES string of the molecule is O=Cc1c(Cl)[nH]c2ccc(Cl)cc12. The van der Waals surface area contributed by atoms with E-state index < -0.39 is 0 Å². The Morgan fingerprint density at radius 1 is 1.31 bits per heavy atom. The molecule has 0 spiro atoms. The van der Waals surface area contributed by atoms with Crippen LogP contribution in [0.1, 0.15) is 10.4 Å². The maximum Gasteiger partial charge on any atom is 0.153 e. The highest BCUT2D eigenvalue weighted by atomic mass is 35.5. The van der Waals surface area contributed by atoms with E-state index in [4.69, 9.17) is 23.2 Å². The van der Waals surface area contributed by atoms with Crippen molar-refractivity contribution in [1.82, 2.24) is 4.98 Å². The molecule has 1 aromatic carbocycles. The number of hydrogen-bond donors (Lipinski definition) is 1. The number of aromatic amines is 1. The van der Waals surface area contributed by atoms with Crippen LogP contribution in [-0.2, 0) is 0 Å². The van der Waals surface area contributed by atoms with Crippen LogP contribution >= 0.6 is 23.2 Å². The van der Waals surface area contributed by atoms with E-state index in [1.54, 1.807) is 18.2 Å². The Balaban J connectivity index is 2.88. The number of aldehydes is 1. The molecule has 0 atom stereocenters. The summed E-state index contributed by atoms with van der Waals surface area (Å²) in [5.41, 5.74) is 1.27. The number of carbonyl (C=O) groups is 1. The van der Waals surface area contributed by atoms with Crippen molar-refractivity contribution in [3.63, 3.8) is 0 Å². The Morgan fingerprint density at radius 2 is 2.08 bits per heavy atom. The van der Waals surface area contributed by atoms with Crippen molar-refractivity contribution >= 4 is 40.4 Å². The molecular formula is C9H5Cl2NO. The summed E-state index contributed by atoms with van der Waals surface area (Å²) in [7, 11) is 0. The molecule has 0 aliphatic heterocycles. The maximum atomic E-state index is 10.7. The van der Waals surface area contributed by atoms with E-state index in [1.807, 2.05) is 0 Å². The van der Waals surface area contributed by atoms with Crippen LogP contribution in [0.3, 0.4) is 0 Å². The van der Waals surface area contributed by atoms with Crippen LogP contribution in [0.4, 0.5) is 0 Å². The van der Waals surface area contributed by atoms with Gasteiger partial charge >= 0.3 is 0 Å². The number of rotatable bonds is 1. The quantitative estimate of drug-likeness (QED) is 0.725. The molecule has 4 heteroatoms. The largest absolute Gasteiger partial charge is 0.345 e. The fourth-order valence-electron chi connectivity index (χ4n) is 1.27. The van der Waals surface area contributed by atoms with Gasteiger partial charge in [-0.25, -0.2) is 0 Å². The number of aromatic nitrogens is 1. The summed E-state index contributed by atoms with van der Waals surface area (Å²) in [6, 6.07) is 5.24. The molecule has 1 aromatic heterocycles. The van der Waals surface area contributed by atoms with Crippen molar-refractivity contribution < 1.29 is 4.79 Å². The molecule has 1 heterocycles. The zero-order valence-electron chi connectivity index (χ0n) is 6.47. The zero-order chi connectivity index (χ0) is 9.42. The van der Waals surface area contributed by atoms with E-state index in [2.05, 4.69) is 4.98 Å². The van der Waals surface area contributed by atoms with Gasteiger partial charge in [0.1, 0.15) is 5.15 Å². The molecule has 1 N–H and O–H groups in total. The van der Waals surface area contributed by atoms with Crippen LogP contribution in [0.2, 0.25) is 10.2 Å². The van der Waals surface area contributed by atoms with Crippen molar-refractivity contribution in [2.24, 2.45) is 0 Å². The Labute approximate surface area is 84.5 Å². The molecule has 0 amide bonds. The summed E-state index contributed by atoms with van der Waals surface area (Å²) in [4.78, 5) is 13.5. The highest BCUT2D eigenvalue weighted by Crippen LogP contribution is 2.26. The second kappa shape index (κ2) is 3.05. The highest BCUT2D eigenvalue weighted by Gasteiger charge is 2.08. The van der Waals surface area contributed by atoms with E-state index in [9.17, 15) is 4.79 Å². The smallest absolute Gasteiger partial charge is 0.153 e. The summed E-state index contributed by atoms with van der Waals surface area (Å²) in [6.07, 6.45) is 0.720. The van der Waals surface area contributed by atoms with Gasteiger partial charge in [0.25, 0.3) is 0 Å². The van der Waals surface area contributed by atoms with Gasteiger partial charge in [0, 0.05) is 15.9 Å². The van der Waals surface area contributed by atoms with Crippen LogP contribution < -0.4 is 0 Å². The minimum atomic E-state index is 0.354. The minimum Gasteiger partial charge on any atom is -0.345 e. The monoisotopic (exact) mass is 213 g/mol. The van der Waals surface area contributed by atoms with Gasteiger partial charge < -0.3 is 4.98 Å². The van der Waals surface area contributed by atoms with Crippen LogP contribution in [0.25, 0.3) is 10.9 Å². The van der Waals surface area contributed by atoms with Crippen molar-refractivity contribution in [3.8, 4) is 0 Å². The number of carbonyl (C=O) groups excluding carboxylic acids is 1. The third-order valence-corrected chi connectivity index (χ3v) is 2.40. The molecule has 0 unspecified atom stereocenters. The Kier molecular flexibility index (Phi) is 2.02. The van der Waals surface area contributed by atoms with E-state index in [1.165, 1.54) is 0 Å². The standard InChI is InChI=1S/C9H5Cl2NO/c10-5-1-2-8-6(3-5)7(4-13)9(11)12-8/h1-4,12H. The fraction of sp³-hybridized carbons (Fsp3) is 0. The lowest BCUT2D eigenvalue weighted by Gasteiger charge is -1.90. The first kappa shape index (κ1) is 8.60. The van der Waals surface area contributed by atoms with Crippen LogP contribution in [0, 0.1) is 0 Å². The lowest BCUT2D eigenvalue weighted by molar-refractivity contribution is 0.112. The lowest BCUT2D eigenvalue weighted by atomic mass is 10.2. The molecule has 0 fully saturated rings. The van der Waals surface area contributed by atoms with Gasteiger partial charge in [-0.3, -0.25) is 4.79 Å². The molecule has 66 valence electrons. The first-order valence-corrected chi connectivity index (χ1v) is 4.40. The first-order valence-electron chi connectivity index (χ1n) is 3.64. The topological polar surface area (TPSA) is 32.9 Å². The summed E-state index contributed by atoms with van der Waals surface area (Å²) in [6.45, 7) is 0. The molecule has 0 aliphatic carbocycles. The summed E-state index contributed by atoms with van der Waals surface area (Å²) in [5.74, 6) is 0. The molecule has 0 saturated heterocycles. The normalized spacial score (nSPS) is 10.6. The van der Waals surface area contributed by atoms with Crippen LogP contribution in [0.15, 0.2) is 18.2 Å². The lowest BCUT2D eigenvalue weighted by Crippen LogP contribution is -1.75. The summed E-state index contributed by atoms with van der Waals surface area (Å²) < 4.78 is 0. The summed E-state index contributed by atoms with van der Waals surface area (Å²) >= 11 is 11.6. The predicted octanol–water partition coefficient (Wildman–Crippen LogP) is 3.29. The van der Waals surface area contributed by atoms with Crippen molar-refractivity contribution in [3.05, 3.63) is 33.9 Å². The van der Waals surface area contributed by atoms with Gasteiger partial charge in [0.2, 0.25) is 0 Å². The van der Waals surface area contributed by atoms with Crippen LogP contribution in [-0.4, -0.2) is 11.3 Å². The predicted molar refractivity (Wildman–Crippen MR) is 53.7 cm³/mol. The molecule has 0 bridgehead atoms. The number of benzene rings is 1. The molecule has 13 heavy (non-hydrogen) atoms. The average molecular weight is 214 g/mol. The van der Waals surface area contributed by atoms with Gasteiger partial charge in [-0.2, -0.15) is 0 Å². The maximum absolute atomic E-state index is 10.7. The number of nitrogens with one attached hydrogen (secondary N) is 1. The Morgan fingerprint density at radius 3 is 2.77 bits per heavy atom. The first-order chi connectivity index (χ1) is 6.22. The minimum absolute atomic E-state index is 0.354.